The Morgan fingerprint density at radius 1 is 0.875 bits per heavy atom. The molecule has 40 heavy (non-hydrogen) atoms. The lowest BCUT2D eigenvalue weighted by molar-refractivity contribution is -0.385. The predicted molar refractivity (Wildman–Crippen MR) is 148 cm³/mol. The van der Waals surface area contributed by atoms with Crippen molar-refractivity contribution in [1.29, 1.82) is 0 Å². The normalized spacial score (nSPS) is 13.2. The average molecular weight is 559 g/mol. The SMILES string of the molecule is C.C.Nc1cc(F)c2c(c1)N(Cc1cnc[nH]1)CCO2.O=[N+]([O-])c1cc(F)c2c(c1)N(Cc1cnc[nH]1)CCO2. The summed E-state index contributed by atoms with van der Waals surface area (Å²) in [7, 11) is 0. The monoisotopic (exact) mass is 558 g/mol. The number of nitro groups is 1. The van der Waals surface area contributed by atoms with E-state index in [9.17, 15) is 18.9 Å². The number of non-ortho nitro benzene ring substituents is 1. The summed E-state index contributed by atoms with van der Waals surface area (Å²) in [6.07, 6.45) is 6.57. The molecule has 0 saturated carbocycles. The number of rotatable bonds is 5. The first-order chi connectivity index (χ1) is 18.4. The zero-order valence-corrected chi connectivity index (χ0v) is 20.1. The van der Waals surface area contributed by atoms with Gasteiger partial charge in [-0.15, -0.1) is 0 Å². The summed E-state index contributed by atoms with van der Waals surface area (Å²) in [6, 6.07) is 5.21. The fraction of sp³-hybridized carbons (Fsp3) is 0.308. The Morgan fingerprint density at radius 2 is 1.38 bits per heavy atom. The second kappa shape index (κ2) is 12.8. The van der Waals surface area contributed by atoms with Crippen molar-refractivity contribution >= 4 is 22.7 Å². The van der Waals surface area contributed by atoms with Crippen molar-refractivity contribution in [2.75, 3.05) is 41.8 Å². The van der Waals surface area contributed by atoms with Gasteiger partial charge in [-0.05, 0) is 6.07 Å². The maximum atomic E-state index is 13.9. The summed E-state index contributed by atoms with van der Waals surface area (Å²) in [5.74, 6) is -0.806. The van der Waals surface area contributed by atoms with Gasteiger partial charge in [0.15, 0.2) is 23.1 Å². The summed E-state index contributed by atoms with van der Waals surface area (Å²) >= 11 is 0. The van der Waals surface area contributed by atoms with E-state index in [1.807, 2.05) is 9.80 Å². The average Bonchev–Trinajstić information content (AvgIpc) is 3.60. The van der Waals surface area contributed by atoms with E-state index in [-0.39, 0.29) is 32.0 Å². The standard InChI is InChI=1S/C12H11FN4O3.C12H13FN4O.2CH4/c13-10-3-9(17(18)19)4-11-12(10)20-2-1-16(11)6-8-5-14-7-15-8;13-10-3-8(14)4-11-12(10)18-2-1-17(11)6-9-5-15-7-16-9;;/h3-5,7H,1-2,6H2,(H,14,15);3-5,7H,1-2,6,14H2,(H,15,16);2*1H4. The number of imidazole rings is 2. The molecule has 0 atom stereocenters. The molecule has 214 valence electrons. The molecule has 0 radical (unpaired) electrons. The second-order valence-corrected chi connectivity index (χ2v) is 8.58. The van der Waals surface area contributed by atoms with Crippen LogP contribution in [0.4, 0.5) is 31.5 Å². The highest BCUT2D eigenvalue weighted by molar-refractivity contribution is 5.67. The number of nitro benzene ring substituents is 1. The van der Waals surface area contributed by atoms with Crippen molar-refractivity contribution in [3.05, 3.63) is 82.5 Å². The van der Waals surface area contributed by atoms with Crippen molar-refractivity contribution in [1.82, 2.24) is 19.9 Å². The number of aromatic nitrogens is 4. The second-order valence-electron chi connectivity index (χ2n) is 8.58. The lowest BCUT2D eigenvalue weighted by atomic mass is 10.2. The Balaban J connectivity index is 0.000000211. The van der Waals surface area contributed by atoms with Crippen LogP contribution in [0.5, 0.6) is 11.5 Å². The van der Waals surface area contributed by atoms with Gasteiger partial charge in [0.25, 0.3) is 5.69 Å². The van der Waals surface area contributed by atoms with Gasteiger partial charge in [0.2, 0.25) is 0 Å². The minimum Gasteiger partial charge on any atom is -0.486 e. The van der Waals surface area contributed by atoms with Crippen LogP contribution in [0, 0.1) is 21.7 Å². The number of hydrogen-bond donors (Lipinski definition) is 3. The van der Waals surface area contributed by atoms with Gasteiger partial charge >= 0.3 is 0 Å². The maximum absolute atomic E-state index is 13.9. The largest absolute Gasteiger partial charge is 0.486 e. The van der Waals surface area contributed by atoms with E-state index in [0.29, 0.717) is 56.5 Å². The topological polar surface area (TPSA) is 151 Å². The highest BCUT2D eigenvalue weighted by Gasteiger charge is 2.26. The molecule has 4 heterocycles. The molecule has 2 aromatic heterocycles. The van der Waals surface area contributed by atoms with Gasteiger partial charge in [-0.1, -0.05) is 14.9 Å². The molecule has 0 amide bonds. The maximum Gasteiger partial charge on any atom is 0.274 e. The van der Waals surface area contributed by atoms with E-state index in [1.54, 1.807) is 31.1 Å². The van der Waals surface area contributed by atoms with Gasteiger partial charge in [0, 0.05) is 30.2 Å². The van der Waals surface area contributed by atoms with Gasteiger partial charge in [-0.3, -0.25) is 10.1 Å². The Hall–Kier alpha value is -4.88. The summed E-state index contributed by atoms with van der Waals surface area (Å²) in [5, 5.41) is 10.8. The third-order valence-corrected chi connectivity index (χ3v) is 5.99. The Labute approximate surface area is 229 Å². The number of aromatic amines is 2. The molecule has 0 fully saturated rings. The Kier molecular flexibility index (Phi) is 9.48. The van der Waals surface area contributed by atoms with Crippen LogP contribution in [0.15, 0.2) is 49.3 Å². The van der Waals surface area contributed by atoms with Gasteiger partial charge < -0.3 is 35.0 Å². The van der Waals surface area contributed by atoms with E-state index in [1.165, 1.54) is 12.1 Å². The lowest BCUT2D eigenvalue weighted by Crippen LogP contribution is -2.32. The molecule has 14 heteroatoms. The number of halogens is 2. The van der Waals surface area contributed by atoms with Gasteiger partial charge in [-0.25, -0.2) is 18.7 Å². The van der Waals surface area contributed by atoms with Crippen LogP contribution in [0.3, 0.4) is 0 Å². The predicted octanol–water partition coefficient (Wildman–Crippen LogP) is 4.66. The molecule has 0 saturated heterocycles. The molecule has 6 rings (SSSR count). The first kappa shape index (κ1) is 29.7. The third-order valence-electron chi connectivity index (χ3n) is 5.99. The molecule has 4 aromatic rings. The molecule has 0 unspecified atom stereocenters. The Morgan fingerprint density at radius 3 is 1.85 bits per heavy atom. The lowest BCUT2D eigenvalue weighted by Gasteiger charge is -2.31. The van der Waals surface area contributed by atoms with E-state index in [4.69, 9.17) is 15.2 Å². The van der Waals surface area contributed by atoms with Crippen molar-refractivity contribution in [2.45, 2.75) is 27.9 Å². The molecule has 0 aliphatic carbocycles. The minimum atomic E-state index is -0.719. The van der Waals surface area contributed by atoms with Crippen molar-refractivity contribution in [3.8, 4) is 11.5 Å². The number of H-pyrrole nitrogens is 2. The summed E-state index contributed by atoms with van der Waals surface area (Å²) in [6.45, 7) is 3.08. The van der Waals surface area contributed by atoms with Gasteiger partial charge in [0.05, 0.1) is 72.6 Å². The molecule has 2 aliphatic rings. The number of nitrogens with zero attached hydrogens (tertiary/aromatic N) is 5. The minimum absolute atomic E-state index is 0. The van der Waals surface area contributed by atoms with Crippen LogP contribution in [-0.4, -0.2) is 51.2 Å². The molecular formula is C26H32F2N8O4. The van der Waals surface area contributed by atoms with E-state index in [0.717, 1.165) is 17.5 Å². The molecule has 0 bridgehead atoms. The number of nitrogens with two attached hydrogens (primary N) is 1. The first-order valence-electron chi connectivity index (χ1n) is 11.7. The van der Waals surface area contributed by atoms with Crippen molar-refractivity contribution in [2.24, 2.45) is 0 Å². The van der Waals surface area contributed by atoms with Crippen molar-refractivity contribution in [3.63, 3.8) is 0 Å². The highest BCUT2D eigenvalue weighted by Crippen LogP contribution is 2.38. The van der Waals surface area contributed by atoms with E-state index in [2.05, 4.69) is 19.9 Å². The van der Waals surface area contributed by atoms with Crippen LogP contribution in [0.25, 0.3) is 0 Å². The summed E-state index contributed by atoms with van der Waals surface area (Å²) in [4.78, 5) is 27.9. The number of hydrogen-bond acceptors (Lipinski definition) is 9. The van der Waals surface area contributed by atoms with Crippen LogP contribution >= 0.6 is 0 Å². The molecular weight excluding hydrogens is 526 g/mol. The number of fused-ring (bicyclic) bond motifs is 2. The third kappa shape index (κ3) is 6.39. The van der Waals surface area contributed by atoms with Crippen LogP contribution in [-0.2, 0) is 13.1 Å². The molecule has 4 N–H and O–H groups in total. The number of nitrogens with one attached hydrogen (secondary N) is 2. The molecule has 12 nitrogen and oxygen atoms in total. The fourth-order valence-electron chi connectivity index (χ4n) is 4.26. The van der Waals surface area contributed by atoms with Crippen LogP contribution < -0.4 is 25.0 Å². The van der Waals surface area contributed by atoms with E-state index < -0.39 is 16.6 Å². The number of anilines is 3. The summed E-state index contributed by atoms with van der Waals surface area (Å²) in [5.41, 5.74) is 8.66. The van der Waals surface area contributed by atoms with E-state index >= 15 is 0 Å². The summed E-state index contributed by atoms with van der Waals surface area (Å²) < 4.78 is 38.2. The molecule has 0 spiro atoms. The fourth-order valence-corrected chi connectivity index (χ4v) is 4.26. The zero-order chi connectivity index (χ0) is 26.6. The number of benzene rings is 2. The number of ether oxygens (including phenoxy) is 2. The van der Waals surface area contributed by atoms with Crippen LogP contribution in [0.1, 0.15) is 26.2 Å². The molecule has 2 aliphatic heterocycles. The van der Waals surface area contributed by atoms with Crippen molar-refractivity contribution < 1.29 is 23.2 Å². The number of nitrogen functional groups attached to an aromatic ring is 1. The van der Waals surface area contributed by atoms with Gasteiger partial charge in [0.1, 0.15) is 13.2 Å². The first-order valence-corrected chi connectivity index (χ1v) is 11.7. The molecule has 2 aromatic carbocycles. The Bertz CT molecular complexity index is 1420. The quantitative estimate of drug-likeness (QED) is 0.180. The highest BCUT2D eigenvalue weighted by atomic mass is 19.1. The van der Waals surface area contributed by atoms with Gasteiger partial charge in [-0.2, -0.15) is 0 Å². The smallest absolute Gasteiger partial charge is 0.274 e. The zero-order valence-electron chi connectivity index (χ0n) is 20.1. The van der Waals surface area contributed by atoms with Crippen LogP contribution in [0.2, 0.25) is 0 Å².